The minimum Gasteiger partial charge on any atom is -0.388 e. The van der Waals surface area contributed by atoms with Gasteiger partial charge < -0.3 is 5.32 Å². The lowest BCUT2D eigenvalue weighted by atomic mass is 10.1. The average molecular weight is 149 g/mol. The molecule has 60 valence electrons. The molecule has 0 atom stereocenters. The lowest BCUT2D eigenvalue weighted by molar-refractivity contribution is 1.13. The van der Waals surface area contributed by atoms with Gasteiger partial charge >= 0.3 is 0 Å². The van der Waals surface area contributed by atoms with Crippen molar-refractivity contribution in [2.75, 3.05) is 12.4 Å². The molecule has 1 rings (SSSR count). The number of hydrogen-bond donors (Lipinski definition) is 1. The van der Waals surface area contributed by atoms with Crippen LogP contribution in [0, 0.1) is 6.92 Å². The second-order valence-corrected chi connectivity index (χ2v) is 2.75. The van der Waals surface area contributed by atoms with Gasteiger partial charge in [-0.2, -0.15) is 0 Å². The molecule has 0 aliphatic rings. The van der Waals surface area contributed by atoms with E-state index in [1.54, 1.807) is 0 Å². The summed E-state index contributed by atoms with van der Waals surface area (Å²) in [4.78, 5) is 0. The van der Waals surface area contributed by atoms with Gasteiger partial charge in [0.05, 0.1) is 0 Å². The van der Waals surface area contributed by atoms with Crippen molar-refractivity contribution in [1.82, 2.24) is 0 Å². The Bertz CT molecular complexity index is 241. The molecule has 1 aromatic carbocycles. The van der Waals surface area contributed by atoms with Gasteiger partial charge in [-0.1, -0.05) is 19.1 Å². The fraction of sp³-hybridized carbons (Fsp3) is 0.400. The first-order chi connectivity index (χ1) is 5.27. The van der Waals surface area contributed by atoms with E-state index in [0.717, 1.165) is 6.42 Å². The van der Waals surface area contributed by atoms with Crippen molar-refractivity contribution in [2.24, 2.45) is 0 Å². The van der Waals surface area contributed by atoms with Crippen LogP contribution in [0.3, 0.4) is 0 Å². The summed E-state index contributed by atoms with van der Waals surface area (Å²) in [5, 5.41) is 3.17. The quantitative estimate of drug-likeness (QED) is 0.681. The first kappa shape index (κ1) is 8.12. The molecule has 0 spiro atoms. The molecule has 1 heteroatoms. The highest BCUT2D eigenvalue weighted by atomic mass is 14.8. The van der Waals surface area contributed by atoms with Crippen LogP contribution < -0.4 is 5.32 Å². The van der Waals surface area contributed by atoms with Crippen molar-refractivity contribution in [3.8, 4) is 0 Å². The van der Waals surface area contributed by atoms with E-state index in [4.69, 9.17) is 0 Å². The van der Waals surface area contributed by atoms with Crippen LogP contribution in [0.1, 0.15) is 18.1 Å². The molecule has 0 saturated carbocycles. The zero-order valence-electron chi connectivity index (χ0n) is 7.44. The van der Waals surface area contributed by atoms with E-state index >= 15 is 0 Å². The van der Waals surface area contributed by atoms with E-state index in [-0.39, 0.29) is 0 Å². The van der Waals surface area contributed by atoms with Gasteiger partial charge in [-0.25, -0.2) is 0 Å². The first-order valence-electron chi connectivity index (χ1n) is 4.05. The Labute approximate surface area is 68.4 Å². The second kappa shape index (κ2) is 3.42. The lowest BCUT2D eigenvalue weighted by Gasteiger charge is -2.06. The molecule has 1 N–H and O–H groups in total. The Morgan fingerprint density at radius 2 is 2.09 bits per heavy atom. The van der Waals surface area contributed by atoms with E-state index in [9.17, 15) is 0 Å². The monoisotopic (exact) mass is 149 g/mol. The molecule has 0 aliphatic heterocycles. The van der Waals surface area contributed by atoms with Gasteiger partial charge in [-0.3, -0.25) is 0 Å². The van der Waals surface area contributed by atoms with Gasteiger partial charge in [0, 0.05) is 12.7 Å². The summed E-state index contributed by atoms with van der Waals surface area (Å²) in [5.41, 5.74) is 3.94. The van der Waals surface area contributed by atoms with E-state index in [2.05, 4.69) is 37.4 Å². The molecule has 0 unspecified atom stereocenters. The molecule has 0 bridgehead atoms. The maximum Gasteiger partial charge on any atom is 0.0370 e. The van der Waals surface area contributed by atoms with Crippen LogP contribution in [0.2, 0.25) is 0 Å². The van der Waals surface area contributed by atoms with Crippen molar-refractivity contribution in [2.45, 2.75) is 20.3 Å². The number of benzene rings is 1. The van der Waals surface area contributed by atoms with E-state index in [1.807, 2.05) is 7.05 Å². The van der Waals surface area contributed by atoms with E-state index in [1.165, 1.54) is 16.8 Å². The van der Waals surface area contributed by atoms with Crippen LogP contribution in [0.15, 0.2) is 18.2 Å². The lowest BCUT2D eigenvalue weighted by Crippen LogP contribution is -1.92. The SMILES string of the molecule is CCc1ccc(C)c(NC)c1. The third-order valence-electron chi connectivity index (χ3n) is 1.98. The topological polar surface area (TPSA) is 12.0 Å². The van der Waals surface area contributed by atoms with Crippen LogP contribution >= 0.6 is 0 Å². The minimum atomic E-state index is 1.11. The predicted molar refractivity (Wildman–Crippen MR) is 50.1 cm³/mol. The molecule has 1 nitrogen and oxygen atoms in total. The molecule has 1 aromatic rings. The van der Waals surface area contributed by atoms with Crippen molar-refractivity contribution >= 4 is 5.69 Å². The molecule has 0 aromatic heterocycles. The standard InChI is InChI=1S/C10H15N/c1-4-9-6-5-8(2)10(7-9)11-3/h5-7,11H,4H2,1-3H3. The Kier molecular flexibility index (Phi) is 2.53. The molecular formula is C10H15N. The van der Waals surface area contributed by atoms with Crippen LogP contribution in [0.4, 0.5) is 5.69 Å². The summed E-state index contributed by atoms with van der Waals surface area (Å²) in [6.45, 7) is 4.29. The zero-order valence-corrected chi connectivity index (χ0v) is 7.44. The van der Waals surface area contributed by atoms with Crippen LogP contribution in [0.25, 0.3) is 0 Å². The molecule has 0 aliphatic carbocycles. The number of rotatable bonds is 2. The molecule has 0 fully saturated rings. The van der Waals surface area contributed by atoms with Crippen LogP contribution in [-0.4, -0.2) is 7.05 Å². The van der Waals surface area contributed by atoms with Gasteiger partial charge in [0.1, 0.15) is 0 Å². The summed E-state index contributed by atoms with van der Waals surface area (Å²) < 4.78 is 0. The highest BCUT2D eigenvalue weighted by Crippen LogP contribution is 2.15. The normalized spacial score (nSPS) is 9.73. The highest BCUT2D eigenvalue weighted by molar-refractivity contribution is 5.52. The Morgan fingerprint density at radius 3 is 2.64 bits per heavy atom. The van der Waals surface area contributed by atoms with Gasteiger partial charge in [0.2, 0.25) is 0 Å². The van der Waals surface area contributed by atoms with Gasteiger partial charge in [-0.15, -0.1) is 0 Å². The van der Waals surface area contributed by atoms with E-state index < -0.39 is 0 Å². The maximum atomic E-state index is 3.17. The average Bonchev–Trinajstić information content (AvgIpc) is 2.05. The minimum absolute atomic E-state index is 1.11. The van der Waals surface area contributed by atoms with Gasteiger partial charge in [-0.05, 0) is 30.5 Å². The Balaban J connectivity index is 3.02. The van der Waals surface area contributed by atoms with Crippen molar-refractivity contribution in [3.05, 3.63) is 29.3 Å². The molecular weight excluding hydrogens is 134 g/mol. The summed E-state index contributed by atoms with van der Waals surface area (Å²) in [6, 6.07) is 6.54. The predicted octanol–water partition coefficient (Wildman–Crippen LogP) is 2.60. The number of anilines is 1. The van der Waals surface area contributed by atoms with Crippen LogP contribution in [-0.2, 0) is 6.42 Å². The zero-order chi connectivity index (χ0) is 8.27. The molecule has 0 saturated heterocycles. The first-order valence-corrected chi connectivity index (χ1v) is 4.05. The molecule has 0 amide bonds. The fourth-order valence-electron chi connectivity index (χ4n) is 1.16. The number of aryl methyl sites for hydroxylation is 2. The van der Waals surface area contributed by atoms with Crippen LogP contribution in [0.5, 0.6) is 0 Å². The van der Waals surface area contributed by atoms with Gasteiger partial charge in [0.25, 0.3) is 0 Å². The highest BCUT2D eigenvalue weighted by Gasteiger charge is 1.95. The van der Waals surface area contributed by atoms with Gasteiger partial charge in [0.15, 0.2) is 0 Å². The smallest absolute Gasteiger partial charge is 0.0370 e. The number of hydrogen-bond acceptors (Lipinski definition) is 1. The summed E-state index contributed by atoms with van der Waals surface area (Å²) in [7, 11) is 1.96. The maximum absolute atomic E-state index is 3.17. The summed E-state index contributed by atoms with van der Waals surface area (Å²) >= 11 is 0. The summed E-state index contributed by atoms with van der Waals surface area (Å²) in [5.74, 6) is 0. The second-order valence-electron chi connectivity index (χ2n) is 2.75. The molecule has 11 heavy (non-hydrogen) atoms. The summed E-state index contributed by atoms with van der Waals surface area (Å²) in [6.07, 6.45) is 1.11. The third kappa shape index (κ3) is 1.73. The third-order valence-corrected chi connectivity index (χ3v) is 1.98. The van der Waals surface area contributed by atoms with Crippen molar-refractivity contribution in [3.63, 3.8) is 0 Å². The largest absolute Gasteiger partial charge is 0.388 e. The fourth-order valence-corrected chi connectivity index (χ4v) is 1.16. The number of nitrogens with one attached hydrogen (secondary N) is 1. The molecule has 0 radical (unpaired) electrons. The van der Waals surface area contributed by atoms with Crippen molar-refractivity contribution in [1.29, 1.82) is 0 Å². The Hall–Kier alpha value is -0.980. The van der Waals surface area contributed by atoms with Crippen molar-refractivity contribution < 1.29 is 0 Å². The van der Waals surface area contributed by atoms with E-state index in [0.29, 0.717) is 0 Å². The molecule has 0 heterocycles. The Morgan fingerprint density at radius 1 is 1.36 bits per heavy atom.